The van der Waals surface area contributed by atoms with E-state index in [1.54, 1.807) is 0 Å². The zero-order valence-corrected chi connectivity index (χ0v) is 76.7. The molecule has 0 fully saturated rings. The van der Waals surface area contributed by atoms with Crippen molar-refractivity contribution in [3.63, 3.8) is 0 Å². The van der Waals surface area contributed by atoms with Gasteiger partial charge in [0.1, 0.15) is 0 Å². The predicted octanol–water partition coefficient (Wildman–Crippen LogP) is 33.4. The Balaban J connectivity index is 0.728. The van der Waals surface area contributed by atoms with Crippen molar-refractivity contribution < 1.29 is 0 Å². The Morgan fingerprint density at radius 3 is 0.897 bits per heavy atom. The maximum Gasteiger partial charge on any atom is 0.0998 e. The van der Waals surface area contributed by atoms with Gasteiger partial charge in [0.2, 0.25) is 0 Å². The lowest BCUT2D eigenvalue weighted by Gasteiger charge is -2.21. The first-order valence-electron chi connectivity index (χ1n) is 46.5. The van der Waals surface area contributed by atoms with Gasteiger partial charge >= 0.3 is 0 Å². The second kappa shape index (κ2) is 32.8. The van der Waals surface area contributed by atoms with Gasteiger partial charge in [0.05, 0.1) is 115 Å². The maximum absolute atomic E-state index is 11.6. The summed E-state index contributed by atoms with van der Waals surface area (Å²) in [6, 6.07) is 143. The summed E-state index contributed by atoms with van der Waals surface area (Å²) in [7, 11) is 0. The highest BCUT2D eigenvalue weighted by molar-refractivity contribution is 6.20. The molecule has 136 heavy (non-hydrogen) atoms. The quantitative estimate of drug-likeness (QED) is 0.102. The molecule has 0 aliphatic carbocycles. The number of benzene rings is 18. The Morgan fingerprint density at radius 1 is 0.199 bits per heavy atom. The van der Waals surface area contributed by atoms with Crippen LogP contribution in [0.3, 0.4) is 0 Å². The molecule has 0 saturated heterocycles. The van der Waals surface area contributed by atoms with Gasteiger partial charge in [-0.3, -0.25) is 9.97 Å². The molecule has 0 saturated carbocycles. The number of nitriles is 2. The fourth-order valence-electron chi connectivity index (χ4n) is 21.5. The highest BCUT2D eigenvalue weighted by Crippen LogP contribution is 2.51. The third kappa shape index (κ3) is 14.0. The van der Waals surface area contributed by atoms with Gasteiger partial charge in [-0.1, -0.05) is 318 Å². The van der Waals surface area contributed by atoms with E-state index in [-0.39, 0.29) is 0 Å². The largest absolute Gasteiger partial charge is 0.307 e. The van der Waals surface area contributed by atoms with Gasteiger partial charge in [0, 0.05) is 59.8 Å². The van der Waals surface area contributed by atoms with E-state index in [1.807, 2.05) is 55.1 Å². The van der Waals surface area contributed by atoms with Crippen LogP contribution < -0.4 is 0 Å². The van der Waals surface area contributed by atoms with Crippen LogP contribution in [0.5, 0.6) is 0 Å². The van der Waals surface area contributed by atoms with E-state index in [0.29, 0.717) is 11.1 Å². The summed E-state index contributed by atoms with van der Waals surface area (Å²) in [5, 5.41) is 31.2. The number of pyridine rings is 2. The van der Waals surface area contributed by atoms with Crippen molar-refractivity contribution in [3.05, 3.63) is 457 Å². The maximum atomic E-state index is 11.6. The molecular weight excluding hydrogens is 1650 g/mol. The number of hydrogen-bond donors (Lipinski definition) is 0. The molecule has 0 atom stereocenters. The minimum Gasteiger partial charge on any atom is -0.307 e. The number of nitrogens with zero attached hydrogens (tertiary/aromatic N) is 8. The number of rotatable bonds is 15. The summed E-state index contributed by atoms with van der Waals surface area (Å²) in [5.74, 6) is 0. The molecule has 0 radical (unpaired) electrons. The van der Waals surface area contributed by atoms with Crippen molar-refractivity contribution in [2.24, 2.45) is 0 Å². The standard InChI is InChI=1S/C128H90N8/c1-77-19-11-28-86(53-77)94-41-49-114-109(62-94)110-63-95(87-29-12-20-78(2)54-87)42-50-115(110)133(114)122-73-131-74-123(126(122)101-35-18-26-85(61-101)71-129)134-116-51-43-96(88-30-13-21-79(3)55-88)64-111(116)112-65-97(44-52-117(112)134)93-37-45-104(84(8)60-93)113-66-103(92-34-17-25-83(7)59-92)70-121-127(113)108-48-40-100(91-33-16-24-82(6)58-91)69-120(108)136(121)125-76-132-75-124(128(125)105-36-10-9-27-102(105)72-130)135-118-67-98(89-31-14-22-80(4)56-89)38-46-106(118)107-47-39-99(68-119(107)135)90-32-15-23-81(5)57-90/h9-70,73-76H,1-8H3. The van der Waals surface area contributed by atoms with Crippen LogP contribution in [0.1, 0.15) is 55.6 Å². The Hall–Kier alpha value is -17.6. The minimum atomic E-state index is 0.543. The first-order chi connectivity index (χ1) is 66.6. The molecule has 0 N–H and O–H groups in total. The van der Waals surface area contributed by atoms with E-state index in [2.05, 4.69) is 432 Å². The Bertz CT molecular complexity index is 9050. The van der Waals surface area contributed by atoms with Crippen LogP contribution in [-0.2, 0) is 0 Å². The van der Waals surface area contributed by atoms with Gasteiger partial charge in [-0.05, 0) is 264 Å². The van der Waals surface area contributed by atoms with Crippen LogP contribution >= 0.6 is 0 Å². The van der Waals surface area contributed by atoms with Crippen molar-refractivity contribution in [2.75, 3.05) is 0 Å². The molecule has 642 valence electrons. The van der Waals surface area contributed by atoms with Crippen LogP contribution in [0.2, 0.25) is 0 Å². The molecule has 0 amide bonds. The molecule has 8 heteroatoms. The third-order valence-corrected chi connectivity index (χ3v) is 27.8. The average molecular weight is 1740 g/mol. The molecule has 6 heterocycles. The van der Waals surface area contributed by atoms with Crippen LogP contribution in [-0.4, -0.2) is 28.2 Å². The Labute approximate surface area is 789 Å². The van der Waals surface area contributed by atoms with Gasteiger partial charge in [0.15, 0.2) is 0 Å². The highest BCUT2D eigenvalue weighted by Gasteiger charge is 2.30. The monoisotopic (exact) mass is 1740 g/mol. The molecule has 18 aromatic carbocycles. The second-order valence-electron chi connectivity index (χ2n) is 37.0. The molecule has 0 spiro atoms. The zero-order valence-electron chi connectivity index (χ0n) is 76.7. The molecular formula is C128H90N8. The molecule has 0 aliphatic heterocycles. The number of aryl methyl sites for hydroxylation is 8. The van der Waals surface area contributed by atoms with Crippen molar-refractivity contribution in [2.45, 2.75) is 55.4 Å². The summed E-state index contributed by atoms with van der Waals surface area (Å²) in [4.78, 5) is 10.8. The summed E-state index contributed by atoms with van der Waals surface area (Å²) in [5.41, 5.74) is 45.3. The fourth-order valence-corrected chi connectivity index (χ4v) is 21.5. The van der Waals surface area contributed by atoms with Crippen LogP contribution in [0.4, 0.5) is 0 Å². The molecule has 6 aromatic heterocycles. The lowest BCUT2D eigenvalue weighted by Crippen LogP contribution is -2.06. The smallest absolute Gasteiger partial charge is 0.0998 e. The van der Waals surface area contributed by atoms with E-state index in [0.717, 1.165) is 243 Å². The first kappa shape index (κ1) is 81.7. The number of hydrogen-bond acceptors (Lipinski definition) is 4. The summed E-state index contributed by atoms with van der Waals surface area (Å²) >= 11 is 0. The third-order valence-electron chi connectivity index (χ3n) is 27.8. The van der Waals surface area contributed by atoms with Gasteiger partial charge in [0.25, 0.3) is 0 Å². The molecule has 0 bridgehead atoms. The summed E-state index contributed by atoms with van der Waals surface area (Å²) in [6.07, 6.45) is 8.08. The van der Waals surface area contributed by atoms with Crippen LogP contribution in [0, 0.1) is 78.1 Å². The minimum absolute atomic E-state index is 0.543. The summed E-state index contributed by atoms with van der Waals surface area (Å²) in [6.45, 7) is 17.4. The molecule has 24 aromatic rings. The lowest BCUT2D eigenvalue weighted by atomic mass is 9.90. The highest BCUT2D eigenvalue weighted by atomic mass is 15.1. The summed E-state index contributed by atoms with van der Waals surface area (Å²) < 4.78 is 9.69. The van der Waals surface area contributed by atoms with E-state index >= 15 is 0 Å². The van der Waals surface area contributed by atoms with Gasteiger partial charge in [-0.15, -0.1) is 0 Å². The zero-order chi connectivity index (χ0) is 91.8. The van der Waals surface area contributed by atoms with Gasteiger partial charge in [-0.2, -0.15) is 10.5 Å². The predicted molar refractivity (Wildman–Crippen MR) is 567 cm³/mol. The topological polar surface area (TPSA) is 93.1 Å². The lowest BCUT2D eigenvalue weighted by molar-refractivity contribution is 1.09. The van der Waals surface area contributed by atoms with Crippen molar-refractivity contribution in [3.8, 4) is 157 Å². The Kier molecular flexibility index (Phi) is 19.7. The number of fused-ring (bicyclic) bond motifs is 12. The van der Waals surface area contributed by atoms with E-state index in [1.165, 1.54) is 33.4 Å². The molecule has 0 unspecified atom stereocenters. The van der Waals surface area contributed by atoms with Crippen LogP contribution in [0.25, 0.3) is 232 Å². The van der Waals surface area contributed by atoms with Gasteiger partial charge in [-0.25, -0.2) is 0 Å². The van der Waals surface area contributed by atoms with Gasteiger partial charge < -0.3 is 18.3 Å². The molecule has 24 rings (SSSR count). The normalized spacial score (nSPS) is 11.7. The Morgan fingerprint density at radius 2 is 0.507 bits per heavy atom. The molecule has 8 nitrogen and oxygen atoms in total. The second-order valence-corrected chi connectivity index (χ2v) is 37.0. The molecule has 0 aliphatic rings. The van der Waals surface area contributed by atoms with Crippen molar-refractivity contribution >= 4 is 87.2 Å². The fraction of sp³-hybridized carbons (Fsp3) is 0.0625. The van der Waals surface area contributed by atoms with Crippen molar-refractivity contribution in [1.82, 2.24) is 28.2 Å². The van der Waals surface area contributed by atoms with E-state index < -0.39 is 0 Å². The average Bonchev–Trinajstić information content (AvgIpc) is 1.54. The SMILES string of the molecule is Cc1cccc(-c2ccc3c(c2)c2cc(-c4cccc(C)c4)ccc2n3-c2cncc(-n3c4ccc(-c5cccc(C)c5)cc4c4cc(-c5ccc(-c6cc(-c7cccc(C)c7)cc7c6c6ccc(-c8cccc(C)c8)cc6n7-c6cncc(-n7c8cc(-c9cccc(C)c9)ccc8c8ccc(-c9cccc(C)c9)cc87)c6-c6ccccc6C#N)c(C)c5)ccc43)c2-c2cccc(C#N)c2)c1. The van der Waals surface area contributed by atoms with Crippen LogP contribution in [0.15, 0.2) is 401 Å². The van der Waals surface area contributed by atoms with E-state index in [9.17, 15) is 10.5 Å². The van der Waals surface area contributed by atoms with E-state index in [4.69, 9.17) is 9.97 Å². The van der Waals surface area contributed by atoms with Crippen molar-refractivity contribution in [1.29, 1.82) is 10.5 Å². The first-order valence-corrected chi connectivity index (χ1v) is 46.5. The number of aromatic nitrogens is 6.